The van der Waals surface area contributed by atoms with Crippen molar-refractivity contribution in [1.82, 2.24) is 4.90 Å². The van der Waals surface area contributed by atoms with Crippen molar-refractivity contribution in [2.75, 3.05) is 31.1 Å². The summed E-state index contributed by atoms with van der Waals surface area (Å²) in [6.07, 6.45) is -0.942. The number of hydrogen-bond donors (Lipinski definition) is 0. The van der Waals surface area contributed by atoms with Gasteiger partial charge in [-0.15, -0.1) is 0 Å². The highest BCUT2D eigenvalue weighted by Gasteiger charge is 2.27. The number of halogens is 2. The molecule has 1 atom stereocenters. The van der Waals surface area contributed by atoms with Crippen molar-refractivity contribution in [3.8, 4) is 5.75 Å². The summed E-state index contributed by atoms with van der Waals surface area (Å²) in [6.45, 7) is 1.06. The molecule has 2 aromatic rings. The predicted molar refractivity (Wildman–Crippen MR) is 103 cm³/mol. The number of nitrogens with zero attached hydrogens (tertiary/aromatic N) is 2. The molecule has 1 fully saturated rings. The van der Waals surface area contributed by atoms with Gasteiger partial charge in [-0.2, -0.15) is 8.78 Å². The van der Waals surface area contributed by atoms with E-state index in [4.69, 9.17) is 4.74 Å². The van der Waals surface area contributed by atoms with Crippen LogP contribution in [0.15, 0.2) is 54.6 Å². The lowest BCUT2D eigenvalue weighted by Crippen LogP contribution is -2.51. The third kappa shape index (κ3) is 5.43. The average Bonchev–Trinajstić information content (AvgIpc) is 2.74. The zero-order chi connectivity index (χ0) is 20.8. The second-order valence-electron chi connectivity index (χ2n) is 6.60. The summed E-state index contributed by atoms with van der Waals surface area (Å²) in [6, 6.07) is 15.1. The Morgan fingerprint density at radius 3 is 2.14 bits per heavy atom. The van der Waals surface area contributed by atoms with Crippen LogP contribution in [0, 0.1) is 0 Å². The van der Waals surface area contributed by atoms with Gasteiger partial charge in [0.1, 0.15) is 5.75 Å². The molecule has 0 aliphatic carbocycles. The first-order valence-corrected chi connectivity index (χ1v) is 9.28. The maximum absolute atomic E-state index is 12.6. The lowest BCUT2D eigenvalue weighted by Gasteiger charge is -2.37. The molecule has 0 radical (unpaired) electrons. The van der Waals surface area contributed by atoms with Crippen molar-refractivity contribution in [1.29, 1.82) is 0 Å². The Bertz CT molecular complexity index is 822. The fourth-order valence-corrected chi connectivity index (χ4v) is 3.13. The number of anilines is 1. The van der Waals surface area contributed by atoms with Crippen LogP contribution in [0.5, 0.6) is 5.75 Å². The zero-order valence-electron chi connectivity index (χ0n) is 16.0. The molecule has 29 heavy (non-hydrogen) atoms. The van der Waals surface area contributed by atoms with Gasteiger partial charge >= 0.3 is 12.6 Å². The van der Waals surface area contributed by atoms with E-state index in [1.807, 2.05) is 30.3 Å². The first-order valence-electron chi connectivity index (χ1n) is 9.28. The molecular formula is C21H22F2N2O4. The fraction of sp³-hybridized carbons (Fsp3) is 0.333. The second kappa shape index (κ2) is 9.36. The van der Waals surface area contributed by atoms with E-state index in [2.05, 4.69) is 9.64 Å². The maximum Gasteiger partial charge on any atom is 0.387 e. The molecule has 0 saturated carbocycles. The highest BCUT2D eigenvalue weighted by atomic mass is 19.3. The molecule has 1 amide bonds. The lowest BCUT2D eigenvalue weighted by molar-refractivity contribution is -0.140. The number of alkyl halides is 2. The number of carbonyl (C=O) groups excluding carboxylic acids is 2. The van der Waals surface area contributed by atoms with Gasteiger partial charge in [0, 0.05) is 31.9 Å². The van der Waals surface area contributed by atoms with Crippen LogP contribution in [0.25, 0.3) is 0 Å². The summed E-state index contributed by atoms with van der Waals surface area (Å²) in [5.74, 6) is -1.02. The molecule has 8 heteroatoms. The molecule has 6 nitrogen and oxygen atoms in total. The summed E-state index contributed by atoms with van der Waals surface area (Å²) < 4.78 is 33.8. The zero-order valence-corrected chi connectivity index (χ0v) is 16.0. The molecule has 1 aliphatic rings. The number of piperazine rings is 1. The number of esters is 1. The summed E-state index contributed by atoms with van der Waals surface area (Å²) in [7, 11) is 0. The van der Waals surface area contributed by atoms with E-state index >= 15 is 0 Å². The quantitative estimate of drug-likeness (QED) is 0.692. The number of carbonyl (C=O) groups is 2. The normalized spacial score (nSPS) is 15.2. The molecule has 2 aromatic carbocycles. The molecule has 3 rings (SSSR count). The van der Waals surface area contributed by atoms with Crippen LogP contribution >= 0.6 is 0 Å². The summed E-state index contributed by atoms with van der Waals surface area (Å²) >= 11 is 0. The van der Waals surface area contributed by atoms with Crippen LogP contribution in [0.4, 0.5) is 14.5 Å². The lowest BCUT2D eigenvalue weighted by atomic mass is 10.2. The molecule has 0 aromatic heterocycles. The number of amides is 1. The van der Waals surface area contributed by atoms with E-state index in [9.17, 15) is 18.4 Å². The highest BCUT2D eigenvalue weighted by molar-refractivity contribution is 5.92. The van der Waals surface area contributed by atoms with Crippen LogP contribution in [-0.2, 0) is 9.53 Å². The van der Waals surface area contributed by atoms with Crippen molar-refractivity contribution in [2.24, 2.45) is 0 Å². The van der Waals surface area contributed by atoms with Crippen LogP contribution in [-0.4, -0.2) is 55.7 Å². The third-order valence-corrected chi connectivity index (χ3v) is 4.66. The van der Waals surface area contributed by atoms with E-state index in [1.54, 1.807) is 4.90 Å². The molecule has 1 saturated heterocycles. The van der Waals surface area contributed by atoms with E-state index < -0.39 is 18.7 Å². The first-order chi connectivity index (χ1) is 13.9. The number of ether oxygens (including phenoxy) is 2. The van der Waals surface area contributed by atoms with Gasteiger partial charge in [0.25, 0.3) is 5.91 Å². The van der Waals surface area contributed by atoms with Crippen molar-refractivity contribution in [3.63, 3.8) is 0 Å². The van der Waals surface area contributed by atoms with Crippen molar-refractivity contribution in [2.45, 2.75) is 19.6 Å². The van der Waals surface area contributed by atoms with Gasteiger partial charge in [0.05, 0.1) is 5.56 Å². The van der Waals surface area contributed by atoms with Crippen molar-refractivity contribution in [3.05, 3.63) is 60.2 Å². The number of hydrogen-bond acceptors (Lipinski definition) is 5. The Labute approximate surface area is 167 Å². The average molecular weight is 404 g/mol. The highest BCUT2D eigenvalue weighted by Crippen LogP contribution is 2.18. The van der Waals surface area contributed by atoms with Gasteiger partial charge in [0.2, 0.25) is 0 Å². The Kier molecular flexibility index (Phi) is 6.64. The van der Waals surface area contributed by atoms with Crippen molar-refractivity contribution >= 4 is 17.6 Å². The molecule has 1 heterocycles. The SMILES string of the molecule is C[C@@H](OC(=O)c1ccc(OC(F)F)cc1)C(=O)N1CCN(c2ccccc2)CC1. The predicted octanol–water partition coefficient (Wildman–Crippen LogP) is 3.18. The van der Waals surface area contributed by atoms with Crippen LogP contribution in [0.2, 0.25) is 0 Å². The number of para-hydroxylation sites is 1. The topological polar surface area (TPSA) is 59.1 Å². The molecule has 1 aliphatic heterocycles. The van der Waals surface area contributed by atoms with Gasteiger partial charge in [-0.25, -0.2) is 4.79 Å². The smallest absolute Gasteiger partial charge is 0.387 e. The summed E-state index contributed by atoms with van der Waals surface area (Å²) in [5.41, 5.74) is 1.26. The Balaban J connectivity index is 1.51. The Hall–Kier alpha value is -3.16. The standard InChI is InChI=1S/C21H22F2N2O4/c1-15(28-20(27)16-7-9-18(10-8-16)29-21(22)23)19(26)25-13-11-24(12-14-25)17-5-3-2-4-6-17/h2-10,15,21H,11-14H2,1H3/t15-/m1/s1. The molecular weight excluding hydrogens is 382 g/mol. The third-order valence-electron chi connectivity index (χ3n) is 4.66. The Morgan fingerprint density at radius 2 is 1.55 bits per heavy atom. The first kappa shape index (κ1) is 20.6. The van der Waals surface area contributed by atoms with E-state index in [-0.39, 0.29) is 17.2 Å². The van der Waals surface area contributed by atoms with E-state index in [1.165, 1.54) is 31.2 Å². The van der Waals surface area contributed by atoms with Crippen LogP contribution in [0.1, 0.15) is 17.3 Å². The van der Waals surface area contributed by atoms with Gasteiger partial charge in [-0.3, -0.25) is 4.79 Å². The Morgan fingerprint density at radius 1 is 0.931 bits per heavy atom. The van der Waals surface area contributed by atoms with Gasteiger partial charge in [-0.05, 0) is 43.3 Å². The van der Waals surface area contributed by atoms with Gasteiger partial charge in [0.15, 0.2) is 6.10 Å². The van der Waals surface area contributed by atoms with Crippen LogP contribution < -0.4 is 9.64 Å². The summed E-state index contributed by atoms with van der Waals surface area (Å²) in [4.78, 5) is 28.7. The van der Waals surface area contributed by atoms with Gasteiger partial charge in [-0.1, -0.05) is 18.2 Å². The summed E-state index contributed by atoms with van der Waals surface area (Å²) in [5, 5.41) is 0. The largest absolute Gasteiger partial charge is 0.449 e. The van der Waals surface area contributed by atoms with Crippen LogP contribution in [0.3, 0.4) is 0 Å². The molecule has 154 valence electrons. The van der Waals surface area contributed by atoms with Gasteiger partial charge < -0.3 is 19.3 Å². The molecule has 0 spiro atoms. The minimum Gasteiger partial charge on any atom is -0.449 e. The maximum atomic E-state index is 12.6. The number of rotatable bonds is 6. The molecule has 0 bridgehead atoms. The second-order valence-corrected chi connectivity index (χ2v) is 6.60. The van der Waals surface area contributed by atoms with E-state index in [0.29, 0.717) is 26.2 Å². The van der Waals surface area contributed by atoms with E-state index in [0.717, 1.165) is 5.69 Å². The minimum atomic E-state index is -2.94. The molecule has 0 unspecified atom stereocenters. The fourth-order valence-electron chi connectivity index (χ4n) is 3.13. The number of benzene rings is 2. The monoisotopic (exact) mass is 404 g/mol. The minimum absolute atomic E-state index is 0.0584. The van der Waals surface area contributed by atoms with Crippen molar-refractivity contribution < 1.29 is 27.8 Å². The molecule has 0 N–H and O–H groups in total.